The third-order valence-electron chi connectivity index (χ3n) is 3.78. The average molecular weight is 411 g/mol. The van der Waals surface area contributed by atoms with Crippen LogP contribution in [-0.4, -0.2) is 17.4 Å². The Morgan fingerprint density at radius 2 is 1.93 bits per heavy atom. The van der Waals surface area contributed by atoms with Crippen molar-refractivity contribution in [2.75, 3.05) is 0 Å². The molecule has 28 heavy (non-hydrogen) atoms. The molecule has 0 bridgehead atoms. The minimum Gasteiger partial charge on any atom is -0.406 e. The zero-order valence-electron chi connectivity index (χ0n) is 14.5. The summed E-state index contributed by atoms with van der Waals surface area (Å²) < 4.78 is 45.9. The number of aryl methyl sites for hydroxylation is 1. The molecule has 0 aliphatic carbocycles. The molecule has 0 saturated heterocycles. The highest BCUT2D eigenvalue weighted by Gasteiger charge is 2.31. The van der Waals surface area contributed by atoms with Crippen LogP contribution in [0.2, 0.25) is 5.02 Å². The molecule has 3 aromatic rings. The van der Waals surface area contributed by atoms with Gasteiger partial charge in [0.25, 0.3) is 5.91 Å². The first-order valence-corrected chi connectivity index (χ1v) is 8.46. The highest BCUT2D eigenvalue weighted by Crippen LogP contribution is 2.29. The Balaban J connectivity index is 1.78. The molecule has 146 valence electrons. The van der Waals surface area contributed by atoms with Crippen LogP contribution in [0.25, 0.3) is 11.3 Å². The molecule has 0 radical (unpaired) electrons. The third-order valence-corrected chi connectivity index (χ3v) is 4.02. The Kier molecular flexibility index (Phi) is 5.60. The van der Waals surface area contributed by atoms with Gasteiger partial charge in [-0.25, -0.2) is 0 Å². The van der Waals surface area contributed by atoms with Gasteiger partial charge in [0, 0.05) is 17.1 Å². The van der Waals surface area contributed by atoms with Crippen LogP contribution < -0.4 is 10.1 Å². The van der Waals surface area contributed by atoms with Gasteiger partial charge in [0.1, 0.15) is 11.3 Å². The van der Waals surface area contributed by atoms with Crippen molar-refractivity contribution in [3.63, 3.8) is 0 Å². The molecule has 1 N–H and O–H groups in total. The molecular weight excluding hydrogens is 397 g/mol. The molecule has 0 saturated carbocycles. The number of aromatic nitrogens is 1. The quantitative estimate of drug-likeness (QED) is 0.633. The number of nitrogens with zero attached hydrogens (tertiary/aromatic N) is 1. The molecule has 0 aliphatic heterocycles. The fourth-order valence-electron chi connectivity index (χ4n) is 2.56. The van der Waals surface area contributed by atoms with E-state index in [0.29, 0.717) is 16.3 Å². The lowest BCUT2D eigenvalue weighted by molar-refractivity contribution is -0.274. The van der Waals surface area contributed by atoms with E-state index in [-0.39, 0.29) is 23.6 Å². The lowest BCUT2D eigenvalue weighted by atomic mass is 10.1. The highest BCUT2D eigenvalue weighted by atomic mass is 35.5. The Labute approximate surface area is 163 Å². The van der Waals surface area contributed by atoms with Gasteiger partial charge < -0.3 is 14.6 Å². The fraction of sp³-hybridized carbons (Fsp3) is 0.158. The van der Waals surface area contributed by atoms with Gasteiger partial charge in [-0.2, -0.15) is 0 Å². The van der Waals surface area contributed by atoms with E-state index in [0.717, 1.165) is 17.7 Å². The molecule has 3 rings (SSSR count). The zero-order chi connectivity index (χ0) is 20.3. The molecule has 2 aromatic carbocycles. The fourth-order valence-corrected chi connectivity index (χ4v) is 2.77. The van der Waals surface area contributed by atoms with Crippen LogP contribution in [0.3, 0.4) is 0 Å². The number of hydrogen-bond donors (Lipinski definition) is 1. The number of carbonyl (C=O) groups is 1. The average Bonchev–Trinajstić information content (AvgIpc) is 3.01. The number of halogens is 4. The molecule has 1 aromatic heterocycles. The van der Waals surface area contributed by atoms with Crippen molar-refractivity contribution in [1.82, 2.24) is 10.5 Å². The second kappa shape index (κ2) is 7.93. The Bertz CT molecular complexity index is 985. The van der Waals surface area contributed by atoms with Crippen LogP contribution in [0, 0.1) is 6.92 Å². The monoisotopic (exact) mass is 410 g/mol. The van der Waals surface area contributed by atoms with Gasteiger partial charge in [0.15, 0.2) is 5.76 Å². The molecule has 0 fully saturated rings. The second-order valence-corrected chi connectivity index (χ2v) is 6.29. The Morgan fingerprint density at radius 1 is 1.21 bits per heavy atom. The van der Waals surface area contributed by atoms with E-state index in [1.165, 1.54) is 12.1 Å². The summed E-state index contributed by atoms with van der Waals surface area (Å²) in [5, 5.41) is 7.10. The predicted octanol–water partition coefficient (Wildman–Crippen LogP) is 5.13. The van der Waals surface area contributed by atoms with Crippen LogP contribution in [0.5, 0.6) is 5.75 Å². The van der Waals surface area contributed by atoms with Crippen molar-refractivity contribution < 1.29 is 27.2 Å². The van der Waals surface area contributed by atoms with E-state index >= 15 is 0 Å². The van der Waals surface area contributed by atoms with Crippen molar-refractivity contribution in [1.29, 1.82) is 0 Å². The maximum atomic E-state index is 12.6. The van der Waals surface area contributed by atoms with Crippen LogP contribution in [0.15, 0.2) is 53.1 Å². The van der Waals surface area contributed by atoms with Gasteiger partial charge in [-0.3, -0.25) is 4.79 Å². The third kappa shape index (κ3) is 4.83. The molecule has 0 unspecified atom stereocenters. The number of benzene rings is 2. The zero-order valence-corrected chi connectivity index (χ0v) is 15.3. The number of nitrogens with one attached hydrogen (secondary N) is 1. The van der Waals surface area contributed by atoms with Gasteiger partial charge in [-0.05, 0) is 48.9 Å². The highest BCUT2D eigenvalue weighted by molar-refractivity contribution is 6.30. The topological polar surface area (TPSA) is 64.4 Å². The smallest absolute Gasteiger partial charge is 0.406 e. The van der Waals surface area contributed by atoms with Crippen molar-refractivity contribution in [2.24, 2.45) is 0 Å². The number of alkyl halides is 3. The van der Waals surface area contributed by atoms with Gasteiger partial charge in [-0.15, -0.1) is 13.2 Å². The maximum Gasteiger partial charge on any atom is 0.573 e. The molecule has 5 nitrogen and oxygen atoms in total. The minimum atomic E-state index is -4.78. The minimum absolute atomic E-state index is 0.152. The number of amides is 1. The van der Waals surface area contributed by atoms with Crippen LogP contribution >= 0.6 is 11.6 Å². The summed E-state index contributed by atoms with van der Waals surface area (Å²) in [6.07, 6.45) is -4.78. The molecule has 1 heterocycles. The molecule has 1 amide bonds. The van der Waals surface area contributed by atoms with E-state index < -0.39 is 12.3 Å². The van der Waals surface area contributed by atoms with Crippen LogP contribution in [0.4, 0.5) is 13.2 Å². The predicted molar refractivity (Wildman–Crippen MR) is 96.0 cm³/mol. The number of carbonyl (C=O) groups excluding carboxylic acids is 1. The Morgan fingerprint density at radius 3 is 2.57 bits per heavy atom. The Hall–Kier alpha value is -3.00. The molecule has 0 atom stereocenters. The number of ether oxygens (including phenoxy) is 1. The largest absolute Gasteiger partial charge is 0.573 e. The van der Waals surface area contributed by atoms with Gasteiger partial charge in [0.2, 0.25) is 0 Å². The first-order chi connectivity index (χ1) is 13.2. The number of rotatable bonds is 5. The lowest BCUT2D eigenvalue weighted by Crippen LogP contribution is -2.23. The van der Waals surface area contributed by atoms with Gasteiger partial charge in [0.05, 0.1) is 5.69 Å². The van der Waals surface area contributed by atoms with E-state index in [1.807, 2.05) is 6.07 Å². The normalized spacial score (nSPS) is 11.3. The molecule has 9 heteroatoms. The van der Waals surface area contributed by atoms with Crippen molar-refractivity contribution >= 4 is 17.5 Å². The van der Waals surface area contributed by atoms with E-state index in [2.05, 4.69) is 15.2 Å². The van der Waals surface area contributed by atoms with Crippen molar-refractivity contribution in [3.05, 3.63) is 70.4 Å². The summed E-state index contributed by atoms with van der Waals surface area (Å²) >= 11 is 5.92. The van der Waals surface area contributed by atoms with E-state index in [4.69, 9.17) is 16.1 Å². The summed E-state index contributed by atoms with van der Waals surface area (Å²) in [7, 11) is 0. The van der Waals surface area contributed by atoms with Crippen molar-refractivity contribution in [2.45, 2.75) is 19.8 Å². The van der Waals surface area contributed by atoms with E-state index in [1.54, 1.807) is 25.1 Å². The van der Waals surface area contributed by atoms with Crippen LogP contribution in [-0.2, 0) is 6.54 Å². The molecule has 0 aliphatic rings. The van der Waals surface area contributed by atoms with Gasteiger partial charge in [-0.1, -0.05) is 28.9 Å². The summed E-state index contributed by atoms with van der Waals surface area (Å²) in [4.78, 5) is 12.6. The first-order valence-electron chi connectivity index (χ1n) is 8.08. The standard InChI is InChI=1S/C19H14ClF3N2O3/c1-11-16(18(26)24-10-12-3-2-4-14(20)9-12)17(28-25-11)13-5-7-15(8-6-13)27-19(21,22)23/h2-9H,10H2,1H3,(H,24,26). The van der Waals surface area contributed by atoms with Crippen molar-refractivity contribution in [3.8, 4) is 17.1 Å². The molecular formula is C19H14ClF3N2O3. The SMILES string of the molecule is Cc1noc(-c2ccc(OC(F)(F)F)cc2)c1C(=O)NCc1cccc(Cl)c1. The molecule has 0 spiro atoms. The summed E-state index contributed by atoms with van der Waals surface area (Å²) in [6, 6.07) is 12.0. The second-order valence-electron chi connectivity index (χ2n) is 5.86. The van der Waals surface area contributed by atoms with E-state index in [9.17, 15) is 18.0 Å². The summed E-state index contributed by atoms with van der Waals surface area (Å²) in [5.74, 6) is -0.650. The van der Waals surface area contributed by atoms with Crippen LogP contribution in [0.1, 0.15) is 21.6 Å². The maximum absolute atomic E-state index is 12.6. The summed E-state index contributed by atoms with van der Waals surface area (Å²) in [6.45, 7) is 1.84. The van der Waals surface area contributed by atoms with Gasteiger partial charge >= 0.3 is 6.36 Å². The number of hydrogen-bond acceptors (Lipinski definition) is 4. The first kappa shape index (κ1) is 19.8. The lowest BCUT2D eigenvalue weighted by Gasteiger charge is -2.09. The summed E-state index contributed by atoms with van der Waals surface area (Å²) in [5.41, 5.74) is 1.76.